The van der Waals surface area contributed by atoms with E-state index in [2.05, 4.69) is 31.9 Å². The first-order valence-corrected chi connectivity index (χ1v) is 10.2. The first kappa shape index (κ1) is 22.6. The van der Waals surface area contributed by atoms with Crippen LogP contribution in [0.3, 0.4) is 0 Å². The van der Waals surface area contributed by atoms with Gasteiger partial charge >= 0.3 is 0 Å². The van der Waals surface area contributed by atoms with Crippen LogP contribution in [-0.2, 0) is 9.59 Å². The fraction of sp³-hybridized carbons (Fsp3) is 0.318. The Balaban J connectivity index is 1.95. The van der Waals surface area contributed by atoms with Gasteiger partial charge in [-0.1, -0.05) is 47.5 Å². The van der Waals surface area contributed by atoms with Crippen molar-refractivity contribution in [1.82, 2.24) is 10.6 Å². The smallest absolute Gasteiger partial charge is 0.251 e. The van der Waals surface area contributed by atoms with E-state index >= 15 is 0 Å². The van der Waals surface area contributed by atoms with E-state index in [1.165, 1.54) is 0 Å². The molecule has 3 amide bonds. The molecule has 154 valence electrons. The highest BCUT2D eigenvalue weighted by Gasteiger charge is 2.25. The minimum absolute atomic E-state index is 0.138. The van der Waals surface area contributed by atoms with Crippen molar-refractivity contribution in [3.8, 4) is 0 Å². The molecule has 6 nitrogen and oxygen atoms in total. The largest absolute Gasteiger partial charge is 0.345 e. The molecule has 0 spiro atoms. The molecule has 0 saturated heterocycles. The van der Waals surface area contributed by atoms with E-state index < -0.39 is 11.9 Å². The Morgan fingerprint density at radius 3 is 2.38 bits per heavy atom. The number of aryl methyl sites for hydroxylation is 2. The highest BCUT2D eigenvalue weighted by Crippen LogP contribution is 2.19. The number of nitrogens with one attached hydrogen (secondary N) is 3. The molecule has 2 aromatic carbocycles. The molecule has 3 N–H and O–H groups in total. The Hall–Kier alpha value is -2.67. The molecule has 0 aliphatic rings. The molecular formula is C22H26BrN3O3. The number of rotatable bonds is 7. The Bertz CT molecular complexity index is 912. The Labute approximate surface area is 179 Å². The predicted molar refractivity (Wildman–Crippen MR) is 118 cm³/mol. The molecular weight excluding hydrogens is 434 g/mol. The highest BCUT2D eigenvalue weighted by atomic mass is 79.9. The third-order valence-corrected chi connectivity index (χ3v) is 4.89. The number of anilines is 1. The molecule has 0 bridgehead atoms. The monoisotopic (exact) mass is 459 g/mol. The van der Waals surface area contributed by atoms with Crippen LogP contribution in [0, 0.1) is 19.8 Å². The molecule has 7 heteroatoms. The highest BCUT2D eigenvalue weighted by molar-refractivity contribution is 9.10. The maximum Gasteiger partial charge on any atom is 0.251 e. The normalized spacial score (nSPS) is 11.7. The summed E-state index contributed by atoms with van der Waals surface area (Å²) in [6.07, 6.45) is 0. The van der Waals surface area contributed by atoms with Gasteiger partial charge < -0.3 is 16.0 Å². The molecule has 0 heterocycles. The Morgan fingerprint density at radius 2 is 1.76 bits per heavy atom. The summed E-state index contributed by atoms with van der Waals surface area (Å²) in [5.74, 6) is -1.20. The van der Waals surface area contributed by atoms with Gasteiger partial charge in [0.15, 0.2) is 0 Å². The lowest BCUT2D eigenvalue weighted by molar-refractivity contribution is -0.126. The van der Waals surface area contributed by atoms with Gasteiger partial charge in [0, 0.05) is 15.7 Å². The van der Waals surface area contributed by atoms with Crippen molar-refractivity contribution in [2.45, 2.75) is 33.7 Å². The molecule has 0 aliphatic heterocycles. The maximum absolute atomic E-state index is 12.6. The molecule has 0 saturated carbocycles. The minimum atomic E-state index is -0.745. The van der Waals surface area contributed by atoms with Crippen LogP contribution in [0.2, 0.25) is 0 Å². The number of carbonyl (C=O) groups is 3. The molecule has 2 aromatic rings. The lowest BCUT2D eigenvalue weighted by Gasteiger charge is -2.22. The third-order valence-electron chi connectivity index (χ3n) is 4.40. The van der Waals surface area contributed by atoms with Gasteiger partial charge in [0.2, 0.25) is 11.8 Å². The number of benzene rings is 2. The van der Waals surface area contributed by atoms with Crippen LogP contribution in [0.1, 0.15) is 35.3 Å². The second-order valence-corrected chi connectivity index (χ2v) is 8.21. The fourth-order valence-electron chi connectivity index (χ4n) is 2.78. The Kier molecular flexibility index (Phi) is 7.96. The summed E-state index contributed by atoms with van der Waals surface area (Å²) >= 11 is 3.38. The molecule has 0 aromatic heterocycles. The molecule has 0 fully saturated rings. The van der Waals surface area contributed by atoms with Crippen LogP contribution < -0.4 is 16.0 Å². The molecule has 0 aliphatic carbocycles. The zero-order valence-electron chi connectivity index (χ0n) is 17.0. The van der Waals surface area contributed by atoms with E-state index in [1.54, 1.807) is 24.3 Å². The van der Waals surface area contributed by atoms with E-state index in [9.17, 15) is 14.4 Å². The average Bonchev–Trinajstić information content (AvgIpc) is 2.66. The first-order valence-electron chi connectivity index (χ1n) is 9.38. The summed E-state index contributed by atoms with van der Waals surface area (Å²) in [6.45, 7) is 7.28. The third kappa shape index (κ3) is 6.71. The van der Waals surface area contributed by atoms with Gasteiger partial charge in [-0.15, -0.1) is 0 Å². The van der Waals surface area contributed by atoms with Crippen LogP contribution in [0.15, 0.2) is 46.9 Å². The summed E-state index contributed by atoms with van der Waals surface area (Å²) in [4.78, 5) is 37.3. The van der Waals surface area contributed by atoms with Crippen molar-refractivity contribution in [1.29, 1.82) is 0 Å². The van der Waals surface area contributed by atoms with Gasteiger partial charge in [0.1, 0.15) is 6.04 Å². The van der Waals surface area contributed by atoms with Gasteiger partial charge in [0.25, 0.3) is 5.91 Å². The van der Waals surface area contributed by atoms with Gasteiger partial charge in [0.05, 0.1) is 6.54 Å². The van der Waals surface area contributed by atoms with E-state index in [-0.39, 0.29) is 24.3 Å². The second kappa shape index (κ2) is 10.2. The summed E-state index contributed by atoms with van der Waals surface area (Å²) in [6, 6.07) is 11.9. The summed E-state index contributed by atoms with van der Waals surface area (Å²) < 4.78 is 0.922. The number of hydrogen-bond acceptors (Lipinski definition) is 3. The van der Waals surface area contributed by atoms with E-state index in [0.29, 0.717) is 11.3 Å². The standard InChI is InChI=1S/C22H26BrN3O3/c1-13(2)20(26-21(28)16-7-5-6-14(3)10-16)22(29)24-12-19(27)25-18-9-8-17(23)11-15(18)4/h5-11,13,20H,12H2,1-4H3,(H,24,29)(H,25,27)(H,26,28). The topological polar surface area (TPSA) is 87.3 Å². The molecule has 1 unspecified atom stereocenters. The fourth-order valence-corrected chi connectivity index (χ4v) is 3.26. The zero-order chi connectivity index (χ0) is 21.6. The quantitative estimate of drug-likeness (QED) is 0.591. The average molecular weight is 460 g/mol. The number of carbonyl (C=O) groups excluding carboxylic acids is 3. The van der Waals surface area contributed by atoms with Crippen LogP contribution >= 0.6 is 15.9 Å². The summed E-state index contributed by atoms with van der Waals surface area (Å²) in [5, 5.41) is 8.14. The Morgan fingerprint density at radius 1 is 1.03 bits per heavy atom. The van der Waals surface area contributed by atoms with Crippen LogP contribution in [0.25, 0.3) is 0 Å². The minimum Gasteiger partial charge on any atom is -0.345 e. The van der Waals surface area contributed by atoms with E-state index in [1.807, 2.05) is 45.9 Å². The maximum atomic E-state index is 12.6. The van der Waals surface area contributed by atoms with Crippen molar-refractivity contribution in [3.63, 3.8) is 0 Å². The number of hydrogen-bond donors (Lipinski definition) is 3. The van der Waals surface area contributed by atoms with Gasteiger partial charge in [-0.3, -0.25) is 14.4 Å². The summed E-state index contributed by atoms with van der Waals surface area (Å²) in [7, 11) is 0. The molecule has 1 atom stereocenters. The zero-order valence-corrected chi connectivity index (χ0v) is 18.6. The van der Waals surface area contributed by atoms with Crippen molar-refractivity contribution in [2.24, 2.45) is 5.92 Å². The van der Waals surface area contributed by atoms with Crippen LogP contribution in [-0.4, -0.2) is 30.3 Å². The van der Waals surface area contributed by atoms with Crippen LogP contribution in [0.5, 0.6) is 0 Å². The molecule has 0 radical (unpaired) electrons. The summed E-state index contributed by atoms with van der Waals surface area (Å²) in [5.41, 5.74) is 3.04. The first-order chi connectivity index (χ1) is 13.7. The molecule has 29 heavy (non-hydrogen) atoms. The van der Waals surface area contributed by atoms with Gasteiger partial charge in [-0.05, 0) is 55.7 Å². The predicted octanol–water partition coefficient (Wildman–Crippen LogP) is 3.58. The van der Waals surface area contributed by atoms with Crippen molar-refractivity contribution in [2.75, 3.05) is 11.9 Å². The van der Waals surface area contributed by atoms with Crippen molar-refractivity contribution < 1.29 is 14.4 Å². The molecule has 2 rings (SSSR count). The van der Waals surface area contributed by atoms with Crippen LogP contribution in [0.4, 0.5) is 5.69 Å². The van der Waals surface area contributed by atoms with E-state index in [0.717, 1.165) is 15.6 Å². The van der Waals surface area contributed by atoms with Crippen molar-refractivity contribution in [3.05, 3.63) is 63.6 Å². The number of halogens is 1. The lowest BCUT2D eigenvalue weighted by atomic mass is 10.0. The lowest BCUT2D eigenvalue weighted by Crippen LogP contribution is -2.51. The SMILES string of the molecule is Cc1cccc(C(=O)NC(C(=O)NCC(=O)Nc2ccc(Br)cc2C)C(C)C)c1. The van der Waals surface area contributed by atoms with Gasteiger partial charge in [-0.2, -0.15) is 0 Å². The van der Waals surface area contributed by atoms with Crippen molar-refractivity contribution >= 4 is 39.3 Å². The second-order valence-electron chi connectivity index (χ2n) is 7.29. The van der Waals surface area contributed by atoms with Gasteiger partial charge in [-0.25, -0.2) is 0 Å². The van der Waals surface area contributed by atoms with E-state index in [4.69, 9.17) is 0 Å². The number of amides is 3.